The minimum Gasteiger partial charge on any atom is -0.391 e. The lowest BCUT2D eigenvalue weighted by molar-refractivity contribution is -0.142. The highest BCUT2D eigenvalue weighted by molar-refractivity contribution is 5.91. The Balaban J connectivity index is 2.11. The zero-order chi connectivity index (χ0) is 23.6. The molecule has 1 fully saturated rings. The second kappa shape index (κ2) is 9.65. The molecule has 0 saturated carbocycles. The van der Waals surface area contributed by atoms with E-state index in [1.165, 1.54) is 4.90 Å². The van der Waals surface area contributed by atoms with Gasteiger partial charge in [0.1, 0.15) is 12.3 Å². The normalized spacial score (nSPS) is 21.6. The molecular weight excluding hydrogens is 396 g/mol. The number of aliphatic hydroxyl groups excluding tert-OH is 2. The number of carbonyl (C=O) groups is 2. The predicted molar refractivity (Wildman–Crippen MR) is 120 cm³/mol. The van der Waals surface area contributed by atoms with Crippen molar-refractivity contribution < 1.29 is 19.8 Å². The van der Waals surface area contributed by atoms with Crippen LogP contribution in [0.4, 0.5) is 0 Å². The van der Waals surface area contributed by atoms with Gasteiger partial charge in [-0.3, -0.25) is 9.59 Å². The molecule has 6 N–H and O–H groups in total. The van der Waals surface area contributed by atoms with Gasteiger partial charge in [0.2, 0.25) is 11.8 Å². The quantitative estimate of drug-likeness (QED) is 0.425. The molecule has 1 aliphatic heterocycles. The molecule has 31 heavy (non-hydrogen) atoms. The molecule has 1 aromatic rings. The van der Waals surface area contributed by atoms with Crippen LogP contribution in [0.5, 0.6) is 0 Å². The van der Waals surface area contributed by atoms with Crippen molar-refractivity contribution in [2.45, 2.75) is 84.5 Å². The number of nitrogens with two attached hydrogens (primary N) is 1. The largest absolute Gasteiger partial charge is 0.391 e. The van der Waals surface area contributed by atoms with Gasteiger partial charge in [-0.05, 0) is 37.3 Å². The summed E-state index contributed by atoms with van der Waals surface area (Å²) in [5, 5.41) is 25.9. The van der Waals surface area contributed by atoms with Crippen LogP contribution in [0.25, 0.3) is 0 Å². The summed E-state index contributed by atoms with van der Waals surface area (Å²) in [6, 6.07) is 5.74. The maximum absolute atomic E-state index is 13.4. The summed E-state index contributed by atoms with van der Waals surface area (Å²) in [7, 11) is 0. The minimum absolute atomic E-state index is 0.137. The lowest BCUT2D eigenvalue weighted by atomic mass is 9.84. The number of nitrogens with zero attached hydrogens (tertiary/aromatic N) is 1. The predicted octanol–water partition coefficient (Wildman–Crippen LogP) is 1.02. The number of hydrogen-bond acceptors (Lipinski definition) is 6. The highest BCUT2D eigenvalue weighted by atomic mass is 16.3. The lowest BCUT2D eigenvalue weighted by Gasteiger charge is -2.39. The number of rotatable bonds is 6. The second-order valence-corrected chi connectivity index (χ2v) is 10.5. The van der Waals surface area contributed by atoms with E-state index < -0.39 is 24.4 Å². The van der Waals surface area contributed by atoms with Crippen molar-refractivity contribution >= 4 is 11.8 Å². The van der Waals surface area contributed by atoms with E-state index >= 15 is 0 Å². The monoisotopic (exact) mass is 434 g/mol. The molecule has 1 aromatic carbocycles. The fraction of sp³-hybridized carbons (Fsp3) is 0.652. The van der Waals surface area contributed by atoms with Crippen molar-refractivity contribution in [1.29, 1.82) is 0 Å². The van der Waals surface area contributed by atoms with Gasteiger partial charge in [0.05, 0.1) is 12.1 Å². The summed E-state index contributed by atoms with van der Waals surface area (Å²) in [6.45, 7) is 12.4. The SMILES string of the molecule is CC(C)(C)N[C@H](C(=O)N1C[C@H](O)C[C@H]1C(=O)NCc1ccc(C(N)O)cc1)C(C)(C)C. The van der Waals surface area contributed by atoms with Gasteiger partial charge in [0, 0.05) is 25.0 Å². The summed E-state index contributed by atoms with van der Waals surface area (Å²) in [5.74, 6) is -0.475. The lowest BCUT2D eigenvalue weighted by Crippen LogP contribution is -2.60. The summed E-state index contributed by atoms with van der Waals surface area (Å²) >= 11 is 0. The smallest absolute Gasteiger partial charge is 0.243 e. The third kappa shape index (κ3) is 7.00. The Morgan fingerprint density at radius 1 is 1.16 bits per heavy atom. The van der Waals surface area contributed by atoms with Crippen LogP contribution in [-0.2, 0) is 16.1 Å². The molecule has 2 amide bonds. The second-order valence-electron chi connectivity index (χ2n) is 10.5. The van der Waals surface area contributed by atoms with Crippen molar-refractivity contribution in [3.8, 4) is 0 Å². The van der Waals surface area contributed by atoms with Crippen LogP contribution >= 0.6 is 0 Å². The number of nitrogens with one attached hydrogen (secondary N) is 2. The molecule has 0 spiro atoms. The Morgan fingerprint density at radius 2 is 1.74 bits per heavy atom. The first-order valence-electron chi connectivity index (χ1n) is 10.8. The van der Waals surface area contributed by atoms with Crippen LogP contribution in [0.2, 0.25) is 0 Å². The van der Waals surface area contributed by atoms with E-state index in [9.17, 15) is 19.8 Å². The number of β-amino-alcohol motifs (C(OH)–C–C–N with tert-alkyl or cyclic N) is 1. The first-order valence-corrected chi connectivity index (χ1v) is 10.8. The van der Waals surface area contributed by atoms with E-state index in [0.29, 0.717) is 5.56 Å². The van der Waals surface area contributed by atoms with Crippen LogP contribution in [0.1, 0.15) is 65.3 Å². The maximum atomic E-state index is 13.4. The van der Waals surface area contributed by atoms with Crippen molar-refractivity contribution in [3.63, 3.8) is 0 Å². The average molecular weight is 435 g/mol. The maximum Gasteiger partial charge on any atom is 0.243 e. The van der Waals surface area contributed by atoms with E-state index in [4.69, 9.17) is 5.73 Å². The molecule has 0 bridgehead atoms. The van der Waals surface area contributed by atoms with Gasteiger partial charge in [-0.25, -0.2) is 0 Å². The topological polar surface area (TPSA) is 128 Å². The fourth-order valence-corrected chi connectivity index (χ4v) is 3.69. The highest BCUT2D eigenvalue weighted by Gasteiger charge is 2.44. The van der Waals surface area contributed by atoms with E-state index in [1.54, 1.807) is 24.3 Å². The molecule has 174 valence electrons. The van der Waals surface area contributed by atoms with Gasteiger partial charge >= 0.3 is 0 Å². The molecule has 1 aliphatic rings. The molecule has 1 unspecified atom stereocenters. The Hall–Kier alpha value is -2.00. The third-order valence-electron chi connectivity index (χ3n) is 5.34. The standard InChI is InChI=1S/C23H38N4O4/c1-22(2,3)18(26-23(4,5)6)21(31)27-13-16(28)11-17(27)20(30)25-12-14-7-9-15(10-8-14)19(24)29/h7-10,16-19,26,28-29H,11-13,24H2,1-6H3,(H,25,30)/t16-,17+,18-,19?/m1/s1. The van der Waals surface area contributed by atoms with E-state index in [-0.39, 0.29) is 42.3 Å². The molecule has 8 heteroatoms. The molecule has 0 radical (unpaired) electrons. The zero-order valence-corrected chi connectivity index (χ0v) is 19.5. The van der Waals surface area contributed by atoms with Gasteiger partial charge in [-0.2, -0.15) is 0 Å². The Kier molecular flexibility index (Phi) is 7.86. The molecule has 0 aliphatic carbocycles. The Morgan fingerprint density at radius 3 is 2.23 bits per heavy atom. The molecule has 4 atom stereocenters. The summed E-state index contributed by atoms with van der Waals surface area (Å²) < 4.78 is 0. The first kappa shape index (κ1) is 25.3. The van der Waals surface area contributed by atoms with Crippen LogP contribution in [0.15, 0.2) is 24.3 Å². The van der Waals surface area contributed by atoms with Crippen molar-refractivity contribution in [1.82, 2.24) is 15.5 Å². The Labute approximate surface area is 185 Å². The highest BCUT2D eigenvalue weighted by Crippen LogP contribution is 2.27. The number of aliphatic hydroxyl groups is 2. The molecule has 1 saturated heterocycles. The van der Waals surface area contributed by atoms with Crippen molar-refractivity contribution in [3.05, 3.63) is 35.4 Å². The molecular formula is C23H38N4O4. The summed E-state index contributed by atoms with van der Waals surface area (Å²) in [5.41, 5.74) is 6.22. The number of benzene rings is 1. The summed E-state index contributed by atoms with van der Waals surface area (Å²) in [6.07, 6.45) is -1.57. The van der Waals surface area contributed by atoms with Crippen LogP contribution in [-0.4, -0.2) is 57.2 Å². The van der Waals surface area contributed by atoms with Gasteiger partial charge in [-0.1, -0.05) is 45.0 Å². The molecule has 8 nitrogen and oxygen atoms in total. The van der Waals surface area contributed by atoms with Crippen LogP contribution < -0.4 is 16.4 Å². The van der Waals surface area contributed by atoms with Crippen LogP contribution in [0.3, 0.4) is 0 Å². The van der Waals surface area contributed by atoms with Gasteiger partial charge in [0.15, 0.2) is 0 Å². The zero-order valence-electron chi connectivity index (χ0n) is 19.5. The van der Waals surface area contributed by atoms with Gasteiger partial charge < -0.3 is 31.5 Å². The fourth-order valence-electron chi connectivity index (χ4n) is 3.69. The van der Waals surface area contributed by atoms with E-state index in [0.717, 1.165) is 5.56 Å². The number of carbonyl (C=O) groups excluding carboxylic acids is 2. The van der Waals surface area contributed by atoms with Crippen molar-refractivity contribution in [2.24, 2.45) is 11.1 Å². The third-order valence-corrected chi connectivity index (χ3v) is 5.34. The van der Waals surface area contributed by atoms with E-state index in [1.807, 2.05) is 41.5 Å². The van der Waals surface area contributed by atoms with Crippen LogP contribution in [0, 0.1) is 5.41 Å². The Bertz CT molecular complexity index is 765. The van der Waals surface area contributed by atoms with Gasteiger partial charge in [0.25, 0.3) is 0 Å². The van der Waals surface area contributed by atoms with Gasteiger partial charge in [-0.15, -0.1) is 0 Å². The van der Waals surface area contributed by atoms with E-state index in [2.05, 4.69) is 10.6 Å². The minimum atomic E-state index is -1.04. The molecule has 1 heterocycles. The number of hydrogen-bond donors (Lipinski definition) is 5. The summed E-state index contributed by atoms with van der Waals surface area (Å²) in [4.78, 5) is 27.9. The van der Waals surface area contributed by atoms with Crippen molar-refractivity contribution in [2.75, 3.05) is 6.54 Å². The average Bonchev–Trinajstić information content (AvgIpc) is 3.04. The molecule has 0 aromatic heterocycles. The number of amides is 2. The first-order chi connectivity index (χ1) is 14.2. The number of likely N-dealkylation sites (tertiary alicyclic amines) is 1. The molecule has 2 rings (SSSR count).